The number of thiophene rings is 1. The molecule has 0 aliphatic rings. The molecule has 1 aromatic heterocycles. The number of carbonyl (C=O) groups excluding carboxylic acids is 3. The number of ether oxygens (including phenoxy) is 1. The van der Waals surface area contributed by atoms with Crippen molar-refractivity contribution < 1.29 is 23.5 Å². The molecule has 0 radical (unpaired) electrons. The highest BCUT2D eigenvalue weighted by Crippen LogP contribution is 2.19. The van der Waals surface area contributed by atoms with Gasteiger partial charge in [0.05, 0.1) is 10.6 Å². The molecule has 0 aliphatic heterocycles. The maximum atomic E-state index is 13.5. The second-order valence-corrected chi connectivity index (χ2v) is 5.82. The van der Waals surface area contributed by atoms with E-state index in [1.807, 2.05) is 0 Å². The number of hydrogen-bond acceptors (Lipinski definition) is 5. The number of para-hydroxylation sites is 1. The van der Waals surface area contributed by atoms with E-state index < -0.39 is 23.8 Å². The molecule has 2 rings (SSSR count). The topological polar surface area (TPSA) is 72.5 Å². The number of ketones is 1. The monoisotopic (exact) mass is 335 g/mol. The van der Waals surface area contributed by atoms with Gasteiger partial charge < -0.3 is 10.1 Å². The Morgan fingerprint density at radius 2 is 1.78 bits per heavy atom. The number of hydrogen-bond donors (Lipinski definition) is 1. The van der Waals surface area contributed by atoms with Crippen LogP contribution in [0.1, 0.15) is 33.2 Å². The quantitative estimate of drug-likeness (QED) is 0.672. The van der Waals surface area contributed by atoms with Gasteiger partial charge in [0, 0.05) is 0 Å². The predicted molar refractivity (Wildman–Crippen MR) is 84.2 cm³/mol. The van der Waals surface area contributed by atoms with Crippen molar-refractivity contribution in [1.82, 2.24) is 0 Å². The van der Waals surface area contributed by atoms with Crippen LogP contribution in [0.15, 0.2) is 36.4 Å². The van der Waals surface area contributed by atoms with Crippen LogP contribution in [0.5, 0.6) is 0 Å². The van der Waals surface area contributed by atoms with Crippen molar-refractivity contribution in [2.75, 3.05) is 5.32 Å². The fourth-order valence-corrected chi connectivity index (χ4v) is 2.49. The first-order valence-electron chi connectivity index (χ1n) is 6.75. The molecule has 5 nitrogen and oxygen atoms in total. The molecule has 0 saturated carbocycles. The molecule has 23 heavy (non-hydrogen) atoms. The Labute approximate surface area is 136 Å². The summed E-state index contributed by atoms with van der Waals surface area (Å²) in [6, 6.07) is 8.67. The van der Waals surface area contributed by atoms with Gasteiger partial charge in [0.2, 0.25) is 0 Å². The summed E-state index contributed by atoms with van der Waals surface area (Å²) in [5.41, 5.74) is 0.00962. The summed E-state index contributed by atoms with van der Waals surface area (Å²) in [4.78, 5) is 35.7. The van der Waals surface area contributed by atoms with Gasteiger partial charge in [-0.1, -0.05) is 12.1 Å². The van der Waals surface area contributed by atoms with Crippen molar-refractivity contribution in [3.63, 3.8) is 0 Å². The van der Waals surface area contributed by atoms with Crippen LogP contribution in [0.25, 0.3) is 0 Å². The summed E-state index contributed by atoms with van der Waals surface area (Å²) in [7, 11) is 0. The zero-order chi connectivity index (χ0) is 17.0. The van der Waals surface area contributed by atoms with Crippen molar-refractivity contribution >= 4 is 34.7 Å². The average Bonchev–Trinajstić information content (AvgIpc) is 2.99. The van der Waals surface area contributed by atoms with Crippen LogP contribution in [-0.4, -0.2) is 23.8 Å². The third kappa shape index (κ3) is 4.23. The molecule has 0 bridgehead atoms. The Morgan fingerprint density at radius 1 is 1.13 bits per heavy atom. The molecule has 1 aromatic carbocycles. The lowest BCUT2D eigenvalue weighted by molar-refractivity contribution is -0.123. The van der Waals surface area contributed by atoms with E-state index in [-0.39, 0.29) is 16.3 Å². The normalized spacial score (nSPS) is 11.6. The number of amides is 1. The maximum Gasteiger partial charge on any atom is 0.349 e. The molecule has 1 unspecified atom stereocenters. The lowest BCUT2D eigenvalue weighted by Crippen LogP contribution is -2.30. The molecule has 1 atom stereocenters. The molecule has 1 amide bonds. The number of halogens is 1. The average molecular weight is 335 g/mol. The van der Waals surface area contributed by atoms with Crippen molar-refractivity contribution in [2.45, 2.75) is 20.0 Å². The van der Waals surface area contributed by atoms with E-state index in [1.54, 1.807) is 6.07 Å². The first-order chi connectivity index (χ1) is 10.9. The van der Waals surface area contributed by atoms with E-state index in [1.165, 1.54) is 44.2 Å². The van der Waals surface area contributed by atoms with Gasteiger partial charge in [-0.05, 0) is 38.1 Å². The summed E-state index contributed by atoms with van der Waals surface area (Å²) in [6.45, 7) is 2.78. The molecule has 2 aromatic rings. The Bertz CT molecular complexity index is 756. The Kier molecular flexibility index (Phi) is 5.23. The van der Waals surface area contributed by atoms with Gasteiger partial charge in [-0.25, -0.2) is 9.18 Å². The predicted octanol–water partition coefficient (Wildman–Crippen LogP) is 3.27. The SMILES string of the molecule is CC(=O)c1ccc(C(=O)OC(C)C(=O)Nc2ccccc2F)s1. The first kappa shape index (κ1) is 16.8. The summed E-state index contributed by atoms with van der Waals surface area (Å²) < 4.78 is 18.5. The number of esters is 1. The summed E-state index contributed by atoms with van der Waals surface area (Å²) in [5.74, 6) is -2.09. The fourth-order valence-electron chi connectivity index (χ4n) is 1.71. The number of anilines is 1. The van der Waals surface area contributed by atoms with Gasteiger partial charge in [-0.3, -0.25) is 9.59 Å². The molecule has 0 saturated heterocycles. The molecule has 0 spiro atoms. The van der Waals surface area contributed by atoms with Gasteiger partial charge in [-0.15, -0.1) is 11.3 Å². The lowest BCUT2D eigenvalue weighted by Gasteiger charge is -2.13. The van der Waals surface area contributed by atoms with Crippen molar-refractivity contribution in [1.29, 1.82) is 0 Å². The van der Waals surface area contributed by atoms with Gasteiger partial charge >= 0.3 is 5.97 Å². The zero-order valence-electron chi connectivity index (χ0n) is 12.5. The number of carbonyl (C=O) groups is 3. The maximum absolute atomic E-state index is 13.5. The molecule has 0 aliphatic carbocycles. The van der Waals surface area contributed by atoms with Gasteiger partial charge in [-0.2, -0.15) is 0 Å². The smallest absolute Gasteiger partial charge is 0.349 e. The van der Waals surface area contributed by atoms with Crippen LogP contribution >= 0.6 is 11.3 Å². The third-order valence-corrected chi connectivity index (χ3v) is 4.11. The van der Waals surface area contributed by atoms with E-state index in [9.17, 15) is 18.8 Å². The van der Waals surface area contributed by atoms with E-state index >= 15 is 0 Å². The van der Waals surface area contributed by atoms with Gasteiger partial charge in [0.25, 0.3) is 5.91 Å². The van der Waals surface area contributed by atoms with Crippen molar-refractivity contribution in [3.05, 3.63) is 52.0 Å². The van der Waals surface area contributed by atoms with Gasteiger partial charge in [0.15, 0.2) is 11.9 Å². The number of nitrogens with one attached hydrogen (secondary N) is 1. The highest BCUT2D eigenvalue weighted by molar-refractivity contribution is 7.15. The molecule has 7 heteroatoms. The van der Waals surface area contributed by atoms with Crippen molar-refractivity contribution in [2.24, 2.45) is 0 Å². The molecular weight excluding hydrogens is 321 g/mol. The van der Waals surface area contributed by atoms with E-state index in [0.29, 0.717) is 4.88 Å². The molecule has 1 N–H and O–H groups in total. The minimum absolute atomic E-state index is 0.00962. The van der Waals surface area contributed by atoms with E-state index in [0.717, 1.165) is 11.3 Å². The molecular formula is C16H14FNO4S. The van der Waals surface area contributed by atoms with Crippen LogP contribution < -0.4 is 5.32 Å². The number of rotatable bonds is 5. The standard InChI is InChI=1S/C16H14FNO4S/c1-9(19)13-7-8-14(23-13)16(21)22-10(2)15(20)18-12-6-4-3-5-11(12)17/h3-8,10H,1-2H3,(H,18,20). The Hall–Kier alpha value is -2.54. The summed E-state index contributed by atoms with van der Waals surface area (Å²) >= 11 is 0.993. The Balaban J connectivity index is 1.98. The third-order valence-electron chi connectivity index (χ3n) is 2.94. The second-order valence-electron chi connectivity index (χ2n) is 4.74. The molecule has 0 fully saturated rings. The van der Waals surface area contributed by atoms with Crippen LogP contribution in [0.4, 0.5) is 10.1 Å². The largest absolute Gasteiger partial charge is 0.448 e. The highest BCUT2D eigenvalue weighted by Gasteiger charge is 2.21. The van der Waals surface area contributed by atoms with Crippen LogP contribution in [-0.2, 0) is 9.53 Å². The van der Waals surface area contributed by atoms with Gasteiger partial charge in [0.1, 0.15) is 10.7 Å². The van der Waals surface area contributed by atoms with E-state index in [4.69, 9.17) is 4.74 Å². The highest BCUT2D eigenvalue weighted by atomic mass is 32.1. The van der Waals surface area contributed by atoms with Crippen LogP contribution in [0.2, 0.25) is 0 Å². The summed E-state index contributed by atoms with van der Waals surface area (Å²) in [6.07, 6.45) is -1.11. The molecule has 1 heterocycles. The van der Waals surface area contributed by atoms with Crippen LogP contribution in [0, 0.1) is 5.82 Å². The zero-order valence-corrected chi connectivity index (χ0v) is 13.3. The lowest BCUT2D eigenvalue weighted by atomic mass is 10.3. The fraction of sp³-hybridized carbons (Fsp3) is 0.188. The second kappa shape index (κ2) is 7.15. The number of Topliss-reactive ketones (excluding diaryl/α,β-unsaturated/α-hetero) is 1. The minimum atomic E-state index is -1.11. The molecule has 120 valence electrons. The minimum Gasteiger partial charge on any atom is -0.448 e. The number of benzene rings is 1. The van der Waals surface area contributed by atoms with E-state index in [2.05, 4.69) is 5.32 Å². The summed E-state index contributed by atoms with van der Waals surface area (Å²) in [5, 5.41) is 2.35. The van der Waals surface area contributed by atoms with Crippen LogP contribution in [0.3, 0.4) is 0 Å². The first-order valence-corrected chi connectivity index (χ1v) is 7.57. The Morgan fingerprint density at radius 3 is 2.39 bits per heavy atom. The van der Waals surface area contributed by atoms with Crippen molar-refractivity contribution in [3.8, 4) is 0 Å².